The number of hydrogen-bond donors (Lipinski definition) is 1. The molecule has 1 aromatic rings. The molecule has 1 N–H and O–H groups in total. The van der Waals surface area contributed by atoms with Gasteiger partial charge < -0.3 is 10.2 Å². The third kappa shape index (κ3) is 3.52. The third-order valence-electron chi connectivity index (χ3n) is 3.43. The Labute approximate surface area is 127 Å². The lowest BCUT2D eigenvalue weighted by Gasteiger charge is -2.33. The number of nitrogens with zero attached hydrogens (tertiary/aromatic N) is 1. The van der Waals surface area contributed by atoms with Crippen molar-refractivity contribution in [3.05, 3.63) is 28.2 Å². The average molecular weight is 343 g/mol. The van der Waals surface area contributed by atoms with Crippen LogP contribution in [0.4, 0.5) is 0 Å². The molecule has 0 saturated heterocycles. The molecule has 0 spiro atoms. The van der Waals surface area contributed by atoms with Crippen LogP contribution in [0.5, 0.6) is 0 Å². The number of rotatable bonds is 4. The Morgan fingerprint density at radius 1 is 1.58 bits per heavy atom. The van der Waals surface area contributed by atoms with Crippen molar-refractivity contribution in [3.8, 4) is 0 Å². The van der Waals surface area contributed by atoms with E-state index in [-0.39, 0.29) is 11.9 Å². The molecule has 1 amide bonds. The summed E-state index contributed by atoms with van der Waals surface area (Å²) >= 11 is 5.40. The van der Waals surface area contributed by atoms with Crippen molar-refractivity contribution in [2.45, 2.75) is 23.8 Å². The van der Waals surface area contributed by atoms with Gasteiger partial charge in [-0.2, -0.15) is 0 Å². The van der Waals surface area contributed by atoms with Crippen LogP contribution >= 0.6 is 27.7 Å². The van der Waals surface area contributed by atoms with Gasteiger partial charge in [0.25, 0.3) is 0 Å². The fourth-order valence-corrected chi connectivity index (χ4v) is 3.80. The second kappa shape index (κ2) is 6.77. The van der Waals surface area contributed by atoms with Crippen molar-refractivity contribution in [2.75, 3.05) is 26.4 Å². The van der Waals surface area contributed by atoms with E-state index in [4.69, 9.17) is 0 Å². The van der Waals surface area contributed by atoms with E-state index >= 15 is 0 Å². The highest BCUT2D eigenvalue weighted by atomic mass is 79.9. The zero-order chi connectivity index (χ0) is 13.8. The molecule has 0 bridgehead atoms. The smallest absolute Gasteiger partial charge is 0.224 e. The van der Waals surface area contributed by atoms with E-state index in [9.17, 15) is 4.79 Å². The van der Waals surface area contributed by atoms with Crippen LogP contribution in [0.2, 0.25) is 0 Å². The first-order chi connectivity index (χ1) is 9.13. The first-order valence-corrected chi connectivity index (χ1v) is 8.24. The van der Waals surface area contributed by atoms with E-state index in [0.717, 1.165) is 23.2 Å². The van der Waals surface area contributed by atoms with Gasteiger partial charge in [0.1, 0.15) is 0 Å². The number of carbonyl (C=O) groups excluding carboxylic acids is 1. The molecule has 1 heterocycles. The van der Waals surface area contributed by atoms with Crippen LogP contribution in [-0.2, 0) is 4.79 Å². The van der Waals surface area contributed by atoms with Crippen molar-refractivity contribution in [2.24, 2.45) is 0 Å². The lowest BCUT2D eigenvalue weighted by Crippen LogP contribution is -2.34. The van der Waals surface area contributed by atoms with Gasteiger partial charge in [0, 0.05) is 35.1 Å². The van der Waals surface area contributed by atoms with Crippen LogP contribution < -0.4 is 5.32 Å². The molecule has 0 fully saturated rings. The van der Waals surface area contributed by atoms with Crippen LogP contribution in [0.25, 0.3) is 0 Å². The van der Waals surface area contributed by atoms with E-state index < -0.39 is 0 Å². The maximum Gasteiger partial charge on any atom is 0.224 e. The summed E-state index contributed by atoms with van der Waals surface area (Å²) < 4.78 is 1.08. The molecule has 0 saturated carbocycles. The molecule has 19 heavy (non-hydrogen) atoms. The first kappa shape index (κ1) is 14.9. The summed E-state index contributed by atoms with van der Waals surface area (Å²) in [7, 11) is 3.79. The number of thioether (sulfide) groups is 1. The van der Waals surface area contributed by atoms with E-state index in [1.807, 2.05) is 30.8 Å². The van der Waals surface area contributed by atoms with Crippen LogP contribution in [0.3, 0.4) is 0 Å². The summed E-state index contributed by atoms with van der Waals surface area (Å²) in [5.41, 5.74) is 1.27. The maximum atomic E-state index is 12.2. The minimum Gasteiger partial charge on any atom is -0.339 e. The Morgan fingerprint density at radius 2 is 2.37 bits per heavy atom. The number of amides is 1. The van der Waals surface area contributed by atoms with Crippen LogP contribution in [0.15, 0.2) is 27.6 Å². The monoisotopic (exact) mass is 342 g/mol. The fourth-order valence-electron chi connectivity index (χ4n) is 2.33. The molecule has 5 heteroatoms. The molecule has 0 radical (unpaired) electrons. The van der Waals surface area contributed by atoms with Crippen LogP contribution in [-0.4, -0.2) is 37.2 Å². The zero-order valence-electron chi connectivity index (χ0n) is 11.3. The number of hydrogen-bond acceptors (Lipinski definition) is 3. The van der Waals surface area contributed by atoms with E-state index in [1.54, 1.807) is 0 Å². The standard InChI is InChI=1S/C14H19BrN2OS/c1-16-7-5-14(18)17(2)12-6-8-19-13-4-3-10(15)9-11(12)13/h3-4,9,12,16H,5-8H2,1-2H3. The topological polar surface area (TPSA) is 32.3 Å². The minimum absolute atomic E-state index is 0.206. The second-order valence-electron chi connectivity index (χ2n) is 4.69. The Morgan fingerprint density at radius 3 is 3.11 bits per heavy atom. The Kier molecular flexibility index (Phi) is 5.30. The quantitative estimate of drug-likeness (QED) is 0.912. The summed E-state index contributed by atoms with van der Waals surface area (Å²) in [4.78, 5) is 15.4. The molecular formula is C14H19BrN2OS. The molecular weight excluding hydrogens is 324 g/mol. The largest absolute Gasteiger partial charge is 0.339 e. The highest BCUT2D eigenvalue weighted by molar-refractivity contribution is 9.10. The number of benzene rings is 1. The average Bonchev–Trinajstić information content (AvgIpc) is 2.43. The first-order valence-electron chi connectivity index (χ1n) is 6.46. The summed E-state index contributed by atoms with van der Waals surface area (Å²) in [6.07, 6.45) is 1.58. The van der Waals surface area contributed by atoms with Crippen LogP contribution in [0, 0.1) is 0 Å². The molecule has 0 aromatic heterocycles. The number of fused-ring (bicyclic) bond motifs is 1. The molecule has 1 atom stereocenters. The van der Waals surface area contributed by atoms with Gasteiger partial charge in [-0.15, -0.1) is 11.8 Å². The predicted octanol–water partition coefficient (Wildman–Crippen LogP) is 3.05. The molecule has 0 aliphatic carbocycles. The Bertz CT molecular complexity index is 467. The van der Waals surface area contributed by atoms with Gasteiger partial charge in [-0.1, -0.05) is 15.9 Å². The second-order valence-corrected chi connectivity index (χ2v) is 6.75. The minimum atomic E-state index is 0.206. The van der Waals surface area contributed by atoms with E-state index in [0.29, 0.717) is 6.42 Å². The van der Waals surface area contributed by atoms with Gasteiger partial charge in [-0.3, -0.25) is 4.79 Å². The molecule has 1 aliphatic heterocycles. The van der Waals surface area contributed by atoms with Crippen molar-refractivity contribution in [3.63, 3.8) is 0 Å². The number of carbonyl (C=O) groups is 1. The number of nitrogens with one attached hydrogen (secondary N) is 1. The van der Waals surface area contributed by atoms with Gasteiger partial charge >= 0.3 is 0 Å². The molecule has 2 rings (SSSR count). The van der Waals surface area contributed by atoms with Gasteiger partial charge in [0.15, 0.2) is 0 Å². The zero-order valence-corrected chi connectivity index (χ0v) is 13.7. The molecule has 104 valence electrons. The predicted molar refractivity (Wildman–Crippen MR) is 83.5 cm³/mol. The summed E-state index contributed by atoms with van der Waals surface area (Å²) in [5, 5.41) is 3.03. The normalized spacial score (nSPS) is 17.9. The van der Waals surface area contributed by atoms with E-state index in [1.165, 1.54) is 10.5 Å². The summed E-state index contributed by atoms with van der Waals surface area (Å²) in [6, 6.07) is 6.56. The fraction of sp³-hybridized carbons (Fsp3) is 0.500. The van der Waals surface area contributed by atoms with Crippen molar-refractivity contribution in [1.29, 1.82) is 0 Å². The third-order valence-corrected chi connectivity index (χ3v) is 5.05. The lowest BCUT2D eigenvalue weighted by molar-refractivity contribution is -0.132. The van der Waals surface area contributed by atoms with Crippen molar-refractivity contribution < 1.29 is 4.79 Å². The molecule has 1 aromatic carbocycles. The van der Waals surface area contributed by atoms with Gasteiger partial charge in [-0.25, -0.2) is 0 Å². The summed E-state index contributed by atoms with van der Waals surface area (Å²) in [5.74, 6) is 1.28. The maximum absolute atomic E-state index is 12.2. The van der Waals surface area contributed by atoms with Crippen molar-refractivity contribution in [1.82, 2.24) is 10.2 Å². The van der Waals surface area contributed by atoms with Gasteiger partial charge in [0.05, 0.1) is 6.04 Å². The summed E-state index contributed by atoms with van der Waals surface area (Å²) in [6.45, 7) is 0.732. The Balaban J connectivity index is 2.18. The highest BCUT2D eigenvalue weighted by Crippen LogP contribution is 2.40. The van der Waals surface area contributed by atoms with Gasteiger partial charge in [0.2, 0.25) is 5.91 Å². The van der Waals surface area contributed by atoms with Crippen molar-refractivity contribution >= 4 is 33.6 Å². The highest BCUT2D eigenvalue weighted by Gasteiger charge is 2.26. The SMILES string of the molecule is CNCCC(=O)N(C)C1CCSc2ccc(Br)cc21. The van der Waals surface area contributed by atoms with Crippen LogP contribution in [0.1, 0.15) is 24.4 Å². The molecule has 1 unspecified atom stereocenters. The lowest BCUT2D eigenvalue weighted by atomic mass is 10.0. The van der Waals surface area contributed by atoms with Gasteiger partial charge in [-0.05, 0) is 37.2 Å². The number of halogens is 1. The molecule has 1 aliphatic rings. The molecule has 3 nitrogen and oxygen atoms in total. The van der Waals surface area contributed by atoms with E-state index in [2.05, 4.69) is 39.4 Å². The Hall–Kier alpha value is -0.520.